The van der Waals surface area contributed by atoms with Crippen LogP contribution in [0.4, 0.5) is 0 Å². The normalized spacial score (nSPS) is 15.5. The van der Waals surface area contributed by atoms with Crippen molar-refractivity contribution in [2.75, 3.05) is 0 Å². The molecular weight excluding hydrogens is 971 g/mol. The van der Waals surface area contributed by atoms with Gasteiger partial charge in [0.2, 0.25) is 5.71 Å². The van der Waals surface area contributed by atoms with Crippen LogP contribution in [0, 0.1) is 51.7 Å². The summed E-state index contributed by atoms with van der Waals surface area (Å²) in [5, 5.41) is 2.16. The molecule has 9 rings (SSSR count). The van der Waals surface area contributed by atoms with Crippen molar-refractivity contribution in [2.45, 2.75) is 122 Å². The number of pyridine rings is 3. The van der Waals surface area contributed by atoms with E-state index >= 15 is 0 Å². The van der Waals surface area contributed by atoms with E-state index in [4.69, 9.17) is 19.4 Å². The van der Waals surface area contributed by atoms with E-state index in [9.17, 15) is 0 Å². The zero-order chi connectivity index (χ0) is 41.3. The van der Waals surface area contributed by atoms with Crippen LogP contribution in [0.25, 0.3) is 55.8 Å². The fraction of sp³-hybridized carbons (Fsp3) is 0.389. The van der Waals surface area contributed by atoms with Crippen LogP contribution in [0.5, 0.6) is 0 Å². The minimum atomic E-state index is -1.90. The van der Waals surface area contributed by atoms with Crippen LogP contribution in [0.2, 0.25) is 17.3 Å². The number of furan rings is 1. The van der Waals surface area contributed by atoms with Gasteiger partial charge in [-0.25, -0.2) is 4.98 Å². The molecule has 60 heavy (non-hydrogen) atoms. The van der Waals surface area contributed by atoms with Gasteiger partial charge in [-0.05, 0) is 55.0 Å². The second-order valence-electron chi connectivity index (χ2n) is 18.8. The molecule has 4 aromatic heterocycles. The molecule has 4 heterocycles. The van der Waals surface area contributed by atoms with Crippen LogP contribution in [0.3, 0.4) is 0 Å². The van der Waals surface area contributed by atoms with Gasteiger partial charge in [0, 0.05) is 37.3 Å². The van der Waals surface area contributed by atoms with Crippen molar-refractivity contribution < 1.29 is 24.5 Å². The fourth-order valence-corrected chi connectivity index (χ4v) is 13.2. The third-order valence-electron chi connectivity index (χ3n) is 13.1. The zero-order valence-corrected chi connectivity index (χ0v) is 41.5. The maximum atomic E-state index is 6.47. The molecule has 2 saturated carbocycles. The predicted octanol–water partition coefficient (Wildman–Crippen LogP) is 14.3. The minimum Gasteiger partial charge on any atom is -0.486 e. The second kappa shape index (κ2) is 19.0. The van der Waals surface area contributed by atoms with Gasteiger partial charge in [-0.3, -0.25) is 0 Å². The molecule has 2 fully saturated rings. The van der Waals surface area contributed by atoms with E-state index < -0.39 is 13.3 Å². The summed E-state index contributed by atoms with van der Waals surface area (Å²) in [6.07, 6.45) is 17.8. The maximum Gasteiger partial charge on any atom is 0.216 e. The average molecular weight is 1030 g/mol. The number of fused-ring (bicyclic) bond motifs is 3. The second-order valence-corrected chi connectivity index (χ2v) is 29.3. The summed E-state index contributed by atoms with van der Waals surface area (Å²) < 4.78 is 8.06. The van der Waals surface area contributed by atoms with Crippen LogP contribution >= 0.6 is 0 Å². The van der Waals surface area contributed by atoms with E-state index in [2.05, 4.69) is 125 Å². The van der Waals surface area contributed by atoms with Crippen LogP contribution in [-0.4, -0.2) is 28.2 Å². The van der Waals surface area contributed by atoms with E-state index in [0.29, 0.717) is 11.6 Å². The molecule has 1 atom stereocenters. The Hall–Kier alpha value is -3.90. The Morgan fingerprint density at radius 1 is 0.800 bits per heavy atom. The third kappa shape index (κ3) is 9.75. The van der Waals surface area contributed by atoms with Crippen molar-refractivity contribution in [3.05, 3.63) is 131 Å². The Morgan fingerprint density at radius 2 is 1.53 bits per heavy atom. The summed E-state index contributed by atoms with van der Waals surface area (Å²) in [6.45, 7) is 10.9. The molecule has 2 aliphatic carbocycles. The van der Waals surface area contributed by atoms with Gasteiger partial charge in [0.15, 0.2) is 0 Å². The first-order valence-electron chi connectivity index (χ1n) is 22.2. The predicted molar refractivity (Wildman–Crippen MR) is 250 cm³/mol. The summed E-state index contributed by atoms with van der Waals surface area (Å²) in [4.78, 5) is 14.6. The van der Waals surface area contributed by atoms with Crippen molar-refractivity contribution in [3.63, 3.8) is 0 Å². The number of nitrogens with zero attached hydrogens (tertiary/aromatic N) is 3. The topological polar surface area (TPSA) is 51.8 Å². The summed E-state index contributed by atoms with van der Waals surface area (Å²) in [7, 11) is 0. The standard InChI is InChI=1S/C32H31N2O.C22H30GeN.Ir/c1-20-14-15-26(28-19-25(16-17-33-28)22(3)23-10-6-4-7-11-23)31-29(20)27-18-21(2)30(34-32(27)35-31)24-12-8-5-9-13-24;1-16-10-17(2)12-20(11-16)22-14-19(13-18-8-6-7-9-18)21(15-24-22)23(3,4)5;/h5,8-9,12-14,16-19,22-23H,4,6-7,10-11H2,1-3H3;10-11,14-15,18H,6-9,13H2,1-5H3;/q2*-1;. The van der Waals surface area contributed by atoms with Gasteiger partial charge in [0.1, 0.15) is 0 Å². The molecule has 6 heteroatoms. The maximum absolute atomic E-state index is 6.47. The smallest absolute Gasteiger partial charge is 0.216 e. The monoisotopic (exact) mass is 1030 g/mol. The molecule has 313 valence electrons. The largest absolute Gasteiger partial charge is 0.486 e. The number of hydrogen-bond donors (Lipinski definition) is 0. The molecule has 2 aliphatic rings. The Bertz CT molecular complexity index is 2560. The first kappa shape index (κ1) is 44.2. The van der Waals surface area contributed by atoms with Crippen LogP contribution in [-0.2, 0) is 26.5 Å². The van der Waals surface area contributed by atoms with Crippen LogP contribution < -0.4 is 4.40 Å². The number of benzene rings is 3. The van der Waals surface area contributed by atoms with E-state index in [0.717, 1.165) is 73.1 Å². The molecule has 3 aromatic carbocycles. The van der Waals surface area contributed by atoms with Gasteiger partial charge in [-0.2, -0.15) is 0 Å². The van der Waals surface area contributed by atoms with Gasteiger partial charge in [-0.15, -0.1) is 17.7 Å². The number of hydrogen-bond acceptors (Lipinski definition) is 4. The van der Waals surface area contributed by atoms with Gasteiger partial charge >= 0.3 is 150 Å². The molecule has 0 spiro atoms. The molecule has 0 bridgehead atoms. The van der Waals surface area contributed by atoms with E-state index in [1.54, 1.807) is 9.96 Å². The molecule has 0 N–H and O–H groups in total. The SMILES string of the molecule is Cc1[c-]c(-c2cc(CC3CCCC3)[c]([Ge]([CH3])([CH3])[CH3])cn2)cc(C)c1.Cc1cc2c(nc1-c1ccccc1)oc1c(-c3cc(C(C)C4CCCCC4)ccn3)[c-]cc(C)c12.[Ir]. The van der Waals surface area contributed by atoms with E-state index in [1.807, 2.05) is 24.4 Å². The Morgan fingerprint density at radius 3 is 2.25 bits per heavy atom. The molecule has 0 saturated heterocycles. The van der Waals surface area contributed by atoms with Gasteiger partial charge in [-0.1, -0.05) is 86.0 Å². The Kier molecular flexibility index (Phi) is 14.0. The number of rotatable bonds is 8. The average Bonchev–Trinajstić information content (AvgIpc) is 3.89. The van der Waals surface area contributed by atoms with Crippen molar-refractivity contribution in [2.24, 2.45) is 11.8 Å². The molecule has 0 aliphatic heterocycles. The van der Waals surface area contributed by atoms with Crippen molar-refractivity contribution in [1.82, 2.24) is 15.0 Å². The Balaban J connectivity index is 0.000000192. The summed E-state index contributed by atoms with van der Waals surface area (Å²) >= 11 is -1.90. The summed E-state index contributed by atoms with van der Waals surface area (Å²) in [5.74, 6) is 9.63. The number of aryl methyl sites for hydroxylation is 4. The molecule has 1 unspecified atom stereocenters. The molecule has 4 nitrogen and oxygen atoms in total. The van der Waals surface area contributed by atoms with E-state index in [1.165, 1.54) is 80.9 Å². The van der Waals surface area contributed by atoms with Crippen molar-refractivity contribution in [1.29, 1.82) is 0 Å². The van der Waals surface area contributed by atoms with Gasteiger partial charge in [0.25, 0.3) is 0 Å². The molecular formula is C54H61GeIrN3O-2. The first-order chi connectivity index (χ1) is 28.4. The van der Waals surface area contributed by atoms with Crippen LogP contribution in [0.15, 0.2) is 89.6 Å². The van der Waals surface area contributed by atoms with Crippen molar-refractivity contribution >= 4 is 39.7 Å². The molecule has 1 radical (unpaired) electrons. The number of aromatic nitrogens is 3. The minimum absolute atomic E-state index is 0. The molecule has 7 aromatic rings. The van der Waals surface area contributed by atoms with Gasteiger partial charge < -0.3 is 9.40 Å². The summed E-state index contributed by atoms with van der Waals surface area (Å²) in [5.41, 5.74) is 15.3. The quantitative estimate of drug-likeness (QED) is 0.112. The van der Waals surface area contributed by atoms with Gasteiger partial charge in [0.05, 0.1) is 11.3 Å². The first-order valence-corrected chi connectivity index (χ1v) is 29.5. The fourth-order valence-electron chi connectivity index (χ4n) is 9.91. The Labute approximate surface area is 375 Å². The van der Waals surface area contributed by atoms with E-state index in [-0.39, 0.29) is 20.1 Å². The van der Waals surface area contributed by atoms with Crippen LogP contribution in [0.1, 0.15) is 104 Å². The van der Waals surface area contributed by atoms with Crippen molar-refractivity contribution in [3.8, 4) is 33.8 Å². The molecule has 0 amide bonds. The zero-order valence-electron chi connectivity index (χ0n) is 37.0. The third-order valence-corrected chi connectivity index (χ3v) is 17.4. The summed E-state index contributed by atoms with van der Waals surface area (Å²) in [6, 6.07) is 32.8.